The molecule has 1 amide bonds. The molecule has 0 aromatic carbocycles. The van der Waals surface area contributed by atoms with Crippen LogP contribution in [0.25, 0.3) is 0 Å². The third-order valence-corrected chi connectivity index (χ3v) is 4.06. The fourth-order valence-electron chi connectivity index (χ4n) is 2.65. The second kappa shape index (κ2) is 6.74. The van der Waals surface area contributed by atoms with Gasteiger partial charge < -0.3 is 14.9 Å². The van der Waals surface area contributed by atoms with Crippen molar-refractivity contribution in [3.05, 3.63) is 23.9 Å². The summed E-state index contributed by atoms with van der Waals surface area (Å²) in [5, 5.41) is 9.29. The molecule has 1 aromatic heterocycles. The van der Waals surface area contributed by atoms with Gasteiger partial charge in [-0.1, -0.05) is 0 Å². The Morgan fingerprint density at radius 3 is 2.39 bits per heavy atom. The maximum Gasteiger partial charge on any atom is 0.414 e. The van der Waals surface area contributed by atoms with Crippen molar-refractivity contribution < 1.29 is 23.1 Å². The molecule has 2 heterocycles. The molecular weight excluding hydrogens is 311 g/mol. The Morgan fingerprint density at radius 1 is 1.35 bits per heavy atom. The van der Waals surface area contributed by atoms with Crippen LogP contribution in [0.5, 0.6) is 0 Å². The Bertz CT molecular complexity index is 538. The van der Waals surface area contributed by atoms with E-state index in [0.29, 0.717) is 11.4 Å². The molecule has 8 heteroatoms. The third kappa shape index (κ3) is 4.13. The summed E-state index contributed by atoms with van der Waals surface area (Å²) in [7, 11) is 3.67. The molecule has 0 aliphatic carbocycles. The van der Waals surface area contributed by atoms with Crippen molar-refractivity contribution in [1.82, 2.24) is 9.88 Å². The third-order valence-electron chi connectivity index (χ3n) is 4.06. The number of aromatic nitrogens is 1. The van der Waals surface area contributed by atoms with Crippen molar-refractivity contribution in [1.29, 1.82) is 0 Å². The van der Waals surface area contributed by atoms with Crippen LogP contribution >= 0.6 is 0 Å². The van der Waals surface area contributed by atoms with Crippen LogP contribution in [-0.2, 0) is 0 Å². The Balaban J connectivity index is 1.96. The van der Waals surface area contributed by atoms with E-state index < -0.39 is 18.2 Å². The minimum atomic E-state index is -4.61. The number of halogens is 3. The fourth-order valence-corrected chi connectivity index (χ4v) is 2.65. The summed E-state index contributed by atoms with van der Waals surface area (Å²) in [6, 6.07) is 3.37. The molecular formula is C15H20F3N3O2. The highest BCUT2D eigenvalue weighted by atomic mass is 19.4. The summed E-state index contributed by atoms with van der Waals surface area (Å²) >= 11 is 0. The highest BCUT2D eigenvalue weighted by Gasteiger charge is 2.44. The van der Waals surface area contributed by atoms with E-state index in [1.165, 1.54) is 11.1 Å². The van der Waals surface area contributed by atoms with E-state index in [0.717, 1.165) is 0 Å². The number of amides is 1. The van der Waals surface area contributed by atoms with Crippen LogP contribution in [0.4, 0.5) is 19.0 Å². The number of pyridine rings is 1. The number of carbonyl (C=O) groups is 1. The first-order valence-corrected chi connectivity index (χ1v) is 7.37. The summed E-state index contributed by atoms with van der Waals surface area (Å²) < 4.78 is 37.5. The smallest absolute Gasteiger partial charge is 0.383 e. The van der Waals surface area contributed by atoms with E-state index in [1.807, 2.05) is 14.1 Å². The first-order chi connectivity index (χ1) is 10.7. The molecule has 1 aliphatic heterocycles. The van der Waals surface area contributed by atoms with Gasteiger partial charge in [0, 0.05) is 33.4 Å². The molecule has 1 aromatic rings. The van der Waals surface area contributed by atoms with Gasteiger partial charge in [0.15, 0.2) is 6.10 Å². The molecule has 1 atom stereocenters. The number of hydrogen-bond donors (Lipinski definition) is 1. The number of alkyl halides is 3. The van der Waals surface area contributed by atoms with Crippen LogP contribution < -0.4 is 4.90 Å². The molecule has 0 saturated carbocycles. The molecule has 0 bridgehead atoms. The van der Waals surface area contributed by atoms with Gasteiger partial charge in [0.2, 0.25) is 0 Å². The first-order valence-electron chi connectivity index (χ1n) is 7.37. The molecule has 128 valence electrons. The van der Waals surface area contributed by atoms with Crippen molar-refractivity contribution in [2.45, 2.75) is 25.1 Å². The molecule has 1 aliphatic rings. The zero-order valence-electron chi connectivity index (χ0n) is 13.0. The lowest BCUT2D eigenvalue weighted by atomic mass is 9.90. The molecule has 2 rings (SSSR count). The monoisotopic (exact) mass is 331 g/mol. The van der Waals surface area contributed by atoms with Crippen LogP contribution in [0.2, 0.25) is 0 Å². The number of nitrogens with zero attached hydrogens (tertiary/aromatic N) is 3. The van der Waals surface area contributed by atoms with E-state index >= 15 is 0 Å². The van der Waals surface area contributed by atoms with Gasteiger partial charge in [0.05, 0.1) is 5.56 Å². The second-order valence-electron chi connectivity index (χ2n) is 5.92. The summed E-state index contributed by atoms with van der Waals surface area (Å²) in [6.45, 7) is 0.401. The normalized spacial score (nSPS) is 17.9. The van der Waals surface area contributed by atoms with Gasteiger partial charge in [-0.3, -0.25) is 4.79 Å². The Hall–Kier alpha value is -1.83. The number of aliphatic hydroxyl groups excluding tert-OH is 1. The summed E-state index contributed by atoms with van der Waals surface area (Å²) in [5.74, 6) is -0.385. The lowest BCUT2D eigenvalue weighted by Gasteiger charge is -2.34. The summed E-state index contributed by atoms with van der Waals surface area (Å²) in [4.78, 5) is 19.8. The van der Waals surface area contributed by atoms with Crippen molar-refractivity contribution in [3.63, 3.8) is 0 Å². The standard InChI is InChI=1S/C15H20F3N3O2/c1-20(2)12-4-3-11(9-19-12)14(23)21-7-5-10(6-8-21)13(22)15(16,17)18/h3-4,9-10,13,22H,5-8H2,1-2H3. The number of rotatable bonds is 3. The number of likely N-dealkylation sites (tertiary alicyclic amines) is 1. The van der Waals surface area contributed by atoms with Gasteiger partial charge in [-0.15, -0.1) is 0 Å². The zero-order chi connectivity index (χ0) is 17.2. The molecule has 1 N–H and O–H groups in total. The average molecular weight is 331 g/mol. The lowest BCUT2D eigenvalue weighted by Crippen LogP contribution is -2.45. The zero-order valence-corrected chi connectivity index (χ0v) is 13.0. The van der Waals surface area contributed by atoms with Crippen LogP contribution in [0, 0.1) is 5.92 Å². The lowest BCUT2D eigenvalue weighted by molar-refractivity contribution is -0.222. The van der Waals surface area contributed by atoms with Gasteiger partial charge in [0.1, 0.15) is 5.82 Å². The van der Waals surface area contributed by atoms with Gasteiger partial charge in [-0.2, -0.15) is 13.2 Å². The highest BCUT2D eigenvalue weighted by Crippen LogP contribution is 2.31. The summed E-state index contributed by atoms with van der Waals surface area (Å²) in [5.41, 5.74) is 0.408. The first kappa shape index (κ1) is 17.5. The molecule has 0 radical (unpaired) electrons. The van der Waals surface area contributed by atoms with Crippen molar-refractivity contribution >= 4 is 11.7 Å². The number of anilines is 1. The molecule has 5 nitrogen and oxygen atoms in total. The largest absolute Gasteiger partial charge is 0.414 e. The minimum Gasteiger partial charge on any atom is -0.383 e. The predicted octanol–water partition coefficient (Wildman–Crippen LogP) is 1.92. The number of piperidine rings is 1. The predicted molar refractivity (Wildman–Crippen MR) is 79.3 cm³/mol. The minimum absolute atomic E-state index is 0.135. The van der Waals surface area contributed by atoms with Crippen molar-refractivity contribution in [2.75, 3.05) is 32.1 Å². The van der Waals surface area contributed by atoms with E-state index in [9.17, 15) is 23.1 Å². The highest BCUT2D eigenvalue weighted by molar-refractivity contribution is 5.94. The van der Waals surface area contributed by atoms with Crippen molar-refractivity contribution in [2.24, 2.45) is 5.92 Å². The quantitative estimate of drug-likeness (QED) is 0.919. The van der Waals surface area contributed by atoms with Crippen LogP contribution in [0.3, 0.4) is 0 Å². The van der Waals surface area contributed by atoms with Crippen LogP contribution in [0.1, 0.15) is 23.2 Å². The molecule has 1 unspecified atom stereocenters. The average Bonchev–Trinajstić information content (AvgIpc) is 2.53. The topological polar surface area (TPSA) is 56.7 Å². The van der Waals surface area contributed by atoms with Crippen LogP contribution in [-0.4, -0.2) is 60.4 Å². The number of carbonyl (C=O) groups excluding carboxylic acids is 1. The van der Waals surface area contributed by atoms with Crippen molar-refractivity contribution in [3.8, 4) is 0 Å². The molecule has 23 heavy (non-hydrogen) atoms. The Kier molecular flexibility index (Phi) is 5.13. The Labute approximate surface area is 132 Å². The second-order valence-corrected chi connectivity index (χ2v) is 5.92. The van der Waals surface area contributed by atoms with Gasteiger partial charge in [0.25, 0.3) is 5.91 Å². The van der Waals surface area contributed by atoms with E-state index in [1.54, 1.807) is 17.0 Å². The van der Waals surface area contributed by atoms with Crippen LogP contribution in [0.15, 0.2) is 18.3 Å². The summed E-state index contributed by atoms with van der Waals surface area (Å²) in [6.07, 6.45) is -5.19. The number of aliphatic hydroxyl groups is 1. The SMILES string of the molecule is CN(C)c1ccc(C(=O)N2CCC(C(O)C(F)(F)F)CC2)cn1. The van der Waals surface area contributed by atoms with Gasteiger partial charge in [-0.05, 0) is 30.9 Å². The fraction of sp³-hybridized carbons (Fsp3) is 0.600. The molecule has 1 fully saturated rings. The Morgan fingerprint density at radius 2 is 1.96 bits per heavy atom. The van der Waals surface area contributed by atoms with Gasteiger partial charge in [-0.25, -0.2) is 4.98 Å². The van der Waals surface area contributed by atoms with Gasteiger partial charge >= 0.3 is 6.18 Å². The van der Waals surface area contributed by atoms with E-state index in [-0.39, 0.29) is 31.8 Å². The maximum atomic E-state index is 12.5. The number of hydrogen-bond acceptors (Lipinski definition) is 4. The molecule has 1 saturated heterocycles. The maximum absolute atomic E-state index is 12.5. The van der Waals surface area contributed by atoms with E-state index in [2.05, 4.69) is 4.98 Å². The molecule has 0 spiro atoms. The van der Waals surface area contributed by atoms with E-state index in [4.69, 9.17) is 0 Å².